The fourth-order valence-electron chi connectivity index (χ4n) is 3.47. The average Bonchev–Trinajstić information content (AvgIpc) is 3.10. The molecule has 0 saturated carbocycles. The van der Waals surface area contributed by atoms with Crippen molar-refractivity contribution in [1.82, 2.24) is 14.7 Å². The molecule has 4 rings (SSSR count). The fraction of sp³-hybridized carbons (Fsp3) is 0.421. The lowest BCUT2D eigenvalue weighted by Crippen LogP contribution is -2.48. The largest absolute Gasteiger partial charge is 0.353 e. The first-order valence-electron chi connectivity index (χ1n) is 9.04. The minimum absolute atomic E-state index is 0.0328. The Bertz CT molecular complexity index is 795. The van der Waals surface area contributed by atoms with E-state index in [1.807, 2.05) is 23.4 Å². The maximum Gasteiger partial charge on any atom is 0.254 e. The summed E-state index contributed by atoms with van der Waals surface area (Å²) in [6.07, 6.45) is 4.98. The van der Waals surface area contributed by atoms with Crippen molar-refractivity contribution >= 4 is 29.7 Å². The van der Waals surface area contributed by atoms with Crippen LogP contribution in [-0.2, 0) is 0 Å². The summed E-state index contributed by atoms with van der Waals surface area (Å²) >= 11 is 6.00. The van der Waals surface area contributed by atoms with Crippen LogP contribution in [0.2, 0.25) is 5.02 Å². The molecule has 1 fully saturated rings. The maximum atomic E-state index is 12.6. The molecular weight excluding hydrogens is 350 g/mol. The smallest absolute Gasteiger partial charge is 0.254 e. The third kappa shape index (κ3) is 3.33. The molecular formula is C19H22ClN5O. The Morgan fingerprint density at radius 2 is 2.08 bits per heavy atom. The number of aliphatic imine (C=N–C) groups is 2. The van der Waals surface area contributed by atoms with Gasteiger partial charge in [-0.1, -0.05) is 24.6 Å². The standard InChI is InChI=1S/C19H22ClN5O/c1-2-16-12-25-13-21-17(11-18(25)22-16)23-6-8-24(9-7-23)19(26)14-4-3-5-15(20)10-14/h3-5,10-11,13,16H,2,6-9,12H2,1H3/t16-/m1/s1. The molecule has 1 aromatic rings. The zero-order chi connectivity index (χ0) is 18.1. The van der Waals surface area contributed by atoms with Crippen molar-refractivity contribution in [3.05, 3.63) is 46.7 Å². The van der Waals surface area contributed by atoms with Gasteiger partial charge in [0.25, 0.3) is 5.91 Å². The van der Waals surface area contributed by atoms with Crippen molar-refractivity contribution in [2.24, 2.45) is 9.98 Å². The number of fused-ring (bicyclic) bond motifs is 1. The Morgan fingerprint density at radius 3 is 2.81 bits per heavy atom. The molecule has 6 nitrogen and oxygen atoms in total. The van der Waals surface area contributed by atoms with Gasteiger partial charge in [-0.2, -0.15) is 0 Å². The lowest BCUT2D eigenvalue weighted by molar-refractivity contribution is 0.0668. The lowest BCUT2D eigenvalue weighted by atomic mass is 10.2. The van der Waals surface area contributed by atoms with Gasteiger partial charge in [0.15, 0.2) is 0 Å². The van der Waals surface area contributed by atoms with Crippen molar-refractivity contribution < 1.29 is 4.79 Å². The number of nitrogens with zero attached hydrogens (tertiary/aromatic N) is 5. The zero-order valence-electron chi connectivity index (χ0n) is 14.8. The van der Waals surface area contributed by atoms with Gasteiger partial charge >= 0.3 is 0 Å². The van der Waals surface area contributed by atoms with Gasteiger partial charge in [0.1, 0.15) is 11.7 Å². The first-order chi connectivity index (χ1) is 12.6. The fourth-order valence-corrected chi connectivity index (χ4v) is 3.66. The molecule has 1 amide bonds. The van der Waals surface area contributed by atoms with Crippen LogP contribution in [0.1, 0.15) is 23.7 Å². The summed E-state index contributed by atoms with van der Waals surface area (Å²) < 4.78 is 0. The SMILES string of the molecule is CC[C@@H]1CN2C=NC(N3CCN(C(=O)c4cccc(Cl)c4)CC3)=CC2=N1. The normalized spacial score (nSPS) is 22.2. The number of amides is 1. The molecule has 0 spiro atoms. The van der Waals surface area contributed by atoms with Gasteiger partial charge in [0.05, 0.1) is 12.4 Å². The van der Waals surface area contributed by atoms with Crippen molar-refractivity contribution in [2.45, 2.75) is 19.4 Å². The van der Waals surface area contributed by atoms with Gasteiger partial charge < -0.3 is 14.7 Å². The van der Waals surface area contributed by atoms with Crippen molar-refractivity contribution in [1.29, 1.82) is 0 Å². The Morgan fingerprint density at radius 1 is 1.27 bits per heavy atom. The van der Waals surface area contributed by atoms with Crippen molar-refractivity contribution in [3.8, 4) is 0 Å². The summed E-state index contributed by atoms with van der Waals surface area (Å²) in [5, 5.41) is 0.587. The van der Waals surface area contributed by atoms with E-state index in [4.69, 9.17) is 16.6 Å². The molecule has 0 unspecified atom stereocenters. The van der Waals surface area contributed by atoms with Crippen LogP contribution in [0.3, 0.4) is 0 Å². The first kappa shape index (κ1) is 17.1. The highest BCUT2D eigenvalue weighted by molar-refractivity contribution is 6.30. The Labute approximate surface area is 158 Å². The van der Waals surface area contributed by atoms with E-state index in [2.05, 4.69) is 27.8 Å². The topological polar surface area (TPSA) is 51.5 Å². The summed E-state index contributed by atoms with van der Waals surface area (Å²) in [4.78, 5) is 28.2. The monoisotopic (exact) mass is 371 g/mol. The number of carbonyl (C=O) groups excluding carboxylic acids is 1. The number of hydrogen-bond donors (Lipinski definition) is 0. The van der Waals surface area contributed by atoms with Gasteiger partial charge in [-0.15, -0.1) is 0 Å². The molecule has 3 aliphatic rings. The van der Waals surface area contributed by atoms with Gasteiger partial charge in [-0.05, 0) is 24.6 Å². The van der Waals surface area contributed by atoms with Crippen molar-refractivity contribution in [3.63, 3.8) is 0 Å². The van der Waals surface area contributed by atoms with Crippen LogP contribution in [-0.4, -0.2) is 71.5 Å². The highest BCUT2D eigenvalue weighted by atomic mass is 35.5. The summed E-state index contributed by atoms with van der Waals surface area (Å²) in [5.74, 6) is 1.97. The Hall–Kier alpha value is -2.34. The van der Waals surface area contributed by atoms with Gasteiger partial charge in [0.2, 0.25) is 0 Å². The summed E-state index contributed by atoms with van der Waals surface area (Å²) in [6, 6.07) is 7.49. The molecule has 136 valence electrons. The summed E-state index contributed by atoms with van der Waals surface area (Å²) in [7, 11) is 0. The molecule has 3 aliphatic heterocycles. The molecule has 0 radical (unpaired) electrons. The minimum atomic E-state index is 0.0328. The number of benzene rings is 1. The Kier molecular flexibility index (Phi) is 4.68. The highest BCUT2D eigenvalue weighted by Crippen LogP contribution is 2.20. The molecule has 3 heterocycles. The number of piperazine rings is 1. The van der Waals surface area contributed by atoms with Crippen LogP contribution in [0.25, 0.3) is 0 Å². The lowest BCUT2D eigenvalue weighted by Gasteiger charge is -2.37. The molecule has 26 heavy (non-hydrogen) atoms. The quantitative estimate of drug-likeness (QED) is 0.820. The minimum Gasteiger partial charge on any atom is -0.353 e. The van der Waals surface area contributed by atoms with E-state index < -0.39 is 0 Å². The van der Waals surface area contributed by atoms with E-state index in [-0.39, 0.29) is 5.91 Å². The first-order valence-corrected chi connectivity index (χ1v) is 9.42. The number of rotatable bonds is 3. The predicted octanol–water partition coefficient (Wildman–Crippen LogP) is 2.47. The second kappa shape index (κ2) is 7.11. The molecule has 1 saturated heterocycles. The molecule has 7 heteroatoms. The molecule has 0 N–H and O–H groups in total. The number of halogens is 1. The summed E-state index contributed by atoms with van der Waals surface area (Å²) in [6.45, 7) is 5.95. The van der Waals surface area contributed by atoms with E-state index in [9.17, 15) is 4.79 Å². The molecule has 1 atom stereocenters. The van der Waals surface area contributed by atoms with Crippen LogP contribution in [0.4, 0.5) is 0 Å². The average molecular weight is 372 g/mol. The third-order valence-corrected chi connectivity index (χ3v) is 5.27. The van der Waals surface area contributed by atoms with E-state index in [0.29, 0.717) is 29.7 Å². The van der Waals surface area contributed by atoms with Crippen LogP contribution < -0.4 is 0 Å². The van der Waals surface area contributed by atoms with Crippen LogP contribution in [0, 0.1) is 0 Å². The Balaban J connectivity index is 1.40. The molecule has 0 bridgehead atoms. The zero-order valence-corrected chi connectivity index (χ0v) is 15.6. The maximum absolute atomic E-state index is 12.6. The van der Waals surface area contributed by atoms with Crippen LogP contribution in [0.5, 0.6) is 0 Å². The summed E-state index contributed by atoms with van der Waals surface area (Å²) in [5.41, 5.74) is 0.641. The van der Waals surface area contributed by atoms with Gasteiger partial charge in [-0.25, -0.2) is 4.99 Å². The highest BCUT2D eigenvalue weighted by Gasteiger charge is 2.28. The van der Waals surface area contributed by atoms with Crippen molar-refractivity contribution in [2.75, 3.05) is 32.7 Å². The van der Waals surface area contributed by atoms with Gasteiger partial charge in [0, 0.05) is 49.4 Å². The molecule has 1 aromatic carbocycles. The predicted molar refractivity (Wildman–Crippen MR) is 104 cm³/mol. The molecule has 0 aliphatic carbocycles. The van der Waals surface area contributed by atoms with Crippen LogP contribution in [0.15, 0.2) is 46.1 Å². The van der Waals surface area contributed by atoms with E-state index in [0.717, 1.165) is 37.7 Å². The van der Waals surface area contributed by atoms with Crippen LogP contribution >= 0.6 is 11.6 Å². The van der Waals surface area contributed by atoms with E-state index in [1.165, 1.54) is 0 Å². The second-order valence-corrected chi connectivity index (χ2v) is 7.17. The van der Waals surface area contributed by atoms with Gasteiger partial charge in [-0.3, -0.25) is 9.79 Å². The number of amidine groups is 1. The van der Waals surface area contributed by atoms with E-state index in [1.54, 1.807) is 12.1 Å². The van der Waals surface area contributed by atoms with E-state index >= 15 is 0 Å². The second-order valence-electron chi connectivity index (χ2n) is 6.74. The number of hydrogen-bond acceptors (Lipinski definition) is 5. The molecule has 0 aromatic heterocycles. The third-order valence-electron chi connectivity index (χ3n) is 5.04. The number of carbonyl (C=O) groups is 1.